The van der Waals surface area contributed by atoms with Gasteiger partial charge < -0.3 is 0 Å². The summed E-state index contributed by atoms with van der Waals surface area (Å²) in [5, 5.41) is -0.175. The number of halogens is 5. The molecule has 1 nitrogen and oxygen atoms in total. The van der Waals surface area contributed by atoms with Crippen molar-refractivity contribution in [3.8, 4) is 0 Å². The zero-order valence-electron chi connectivity index (χ0n) is 6.20. The van der Waals surface area contributed by atoms with Crippen molar-refractivity contribution in [3.05, 3.63) is 26.0 Å². The zero-order chi connectivity index (χ0) is 10.0. The van der Waals surface area contributed by atoms with Gasteiger partial charge in [-0.3, -0.25) is 0 Å². The van der Waals surface area contributed by atoms with Gasteiger partial charge in [-0.2, -0.15) is 0 Å². The van der Waals surface area contributed by atoms with Crippen LogP contribution in [0.4, 0.5) is 8.78 Å². The normalized spacial score (nSPS) is 10.9. The van der Waals surface area contributed by atoms with E-state index in [0.29, 0.717) is 9.26 Å². The first-order chi connectivity index (χ1) is 6.06. The van der Waals surface area contributed by atoms with Gasteiger partial charge in [0.25, 0.3) is 6.43 Å². The van der Waals surface area contributed by atoms with Gasteiger partial charge in [-0.15, -0.1) is 11.6 Å². The summed E-state index contributed by atoms with van der Waals surface area (Å²) in [6, 6.07) is 1.30. The predicted molar refractivity (Wildman–Crippen MR) is 56.5 cm³/mol. The topological polar surface area (TPSA) is 12.9 Å². The van der Waals surface area contributed by atoms with Crippen LogP contribution in [0.2, 0.25) is 5.15 Å². The lowest BCUT2D eigenvalue weighted by Crippen LogP contribution is -1.96. The summed E-state index contributed by atoms with van der Waals surface area (Å²) in [4.78, 5) is 3.76. The van der Waals surface area contributed by atoms with E-state index in [2.05, 4.69) is 4.98 Å². The van der Waals surface area contributed by atoms with Gasteiger partial charge in [0.05, 0.1) is 17.1 Å². The molecule has 6 heteroatoms. The average Bonchev–Trinajstić information content (AvgIpc) is 2.07. The number of aromatic nitrogens is 1. The molecule has 1 rings (SSSR count). The highest BCUT2D eigenvalue weighted by Crippen LogP contribution is 2.28. The van der Waals surface area contributed by atoms with Crippen molar-refractivity contribution in [2.75, 3.05) is 0 Å². The van der Waals surface area contributed by atoms with Crippen LogP contribution in [-0.2, 0) is 5.88 Å². The average molecular weight is 338 g/mol. The molecule has 0 aliphatic carbocycles. The monoisotopic (exact) mass is 337 g/mol. The van der Waals surface area contributed by atoms with E-state index in [0.717, 1.165) is 0 Å². The van der Waals surface area contributed by atoms with Gasteiger partial charge in [0.15, 0.2) is 0 Å². The third-order valence-corrected chi connectivity index (χ3v) is 2.88. The zero-order valence-corrected chi connectivity index (χ0v) is 9.87. The molecule has 0 N–H and O–H groups in total. The van der Waals surface area contributed by atoms with E-state index >= 15 is 0 Å². The first-order valence-corrected chi connectivity index (χ1v) is 5.24. The third kappa shape index (κ3) is 2.63. The molecule has 0 fully saturated rings. The molecule has 0 aliphatic heterocycles. The van der Waals surface area contributed by atoms with Gasteiger partial charge in [-0.25, -0.2) is 13.8 Å². The molecule has 1 aromatic heterocycles. The molecule has 13 heavy (non-hydrogen) atoms. The van der Waals surface area contributed by atoms with Crippen molar-refractivity contribution < 1.29 is 8.78 Å². The Hall–Kier alpha value is 0.320. The van der Waals surface area contributed by atoms with Crippen LogP contribution in [0.3, 0.4) is 0 Å². The van der Waals surface area contributed by atoms with Crippen molar-refractivity contribution in [1.29, 1.82) is 0 Å². The first-order valence-electron chi connectivity index (χ1n) is 3.25. The van der Waals surface area contributed by atoms with Crippen molar-refractivity contribution in [1.82, 2.24) is 4.98 Å². The van der Waals surface area contributed by atoms with Gasteiger partial charge in [0.2, 0.25) is 0 Å². The molecule has 0 amide bonds. The molecule has 0 aromatic carbocycles. The third-order valence-electron chi connectivity index (χ3n) is 1.39. The van der Waals surface area contributed by atoms with Crippen LogP contribution in [0.15, 0.2) is 6.07 Å². The lowest BCUT2D eigenvalue weighted by atomic mass is 10.2. The van der Waals surface area contributed by atoms with Crippen LogP contribution in [0.5, 0.6) is 0 Å². The van der Waals surface area contributed by atoms with E-state index in [-0.39, 0.29) is 16.6 Å². The Balaban J connectivity index is 3.20. The molecule has 0 atom stereocenters. The fourth-order valence-electron chi connectivity index (χ4n) is 0.763. The number of pyridine rings is 1. The highest BCUT2D eigenvalue weighted by molar-refractivity contribution is 14.1. The minimum Gasteiger partial charge on any atom is -0.238 e. The molecule has 0 saturated heterocycles. The van der Waals surface area contributed by atoms with Gasteiger partial charge in [0.1, 0.15) is 5.15 Å². The molecule has 0 saturated carbocycles. The van der Waals surface area contributed by atoms with Gasteiger partial charge in [-0.05, 0) is 28.7 Å². The number of hydrogen-bond donors (Lipinski definition) is 0. The number of rotatable bonds is 2. The summed E-state index contributed by atoms with van der Waals surface area (Å²) < 4.78 is 25.2. The molecule has 0 unspecified atom stereocenters. The smallest absolute Gasteiger partial charge is 0.238 e. The van der Waals surface area contributed by atoms with E-state index in [9.17, 15) is 8.78 Å². The van der Waals surface area contributed by atoms with Crippen molar-refractivity contribution in [3.63, 3.8) is 0 Å². The fourth-order valence-corrected chi connectivity index (χ4v) is 2.08. The number of hydrogen-bond acceptors (Lipinski definition) is 1. The van der Waals surface area contributed by atoms with Crippen LogP contribution in [-0.4, -0.2) is 4.98 Å². The quantitative estimate of drug-likeness (QED) is 0.451. The number of alkyl halides is 3. The standard InChI is InChI=1S/C7H4Cl2F2IN/c8-2-5-4(12)1-3(7(10)11)6(9)13-5/h1,7H,2H2. The number of nitrogens with zero attached hydrogens (tertiary/aromatic N) is 1. The summed E-state index contributed by atoms with van der Waals surface area (Å²) >= 11 is 12.9. The van der Waals surface area contributed by atoms with E-state index in [1.165, 1.54) is 6.07 Å². The summed E-state index contributed by atoms with van der Waals surface area (Å²) in [5.74, 6) is 0.168. The Morgan fingerprint density at radius 3 is 2.62 bits per heavy atom. The van der Waals surface area contributed by atoms with Crippen LogP contribution in [0.25, 0.3) is 0 Å². The second kappa shape index (κ2) is 4.70. The maximum absolute atomic E-state index is 12.3. The molecular formula is C7H4Cl2F2IN. The summed E-state index contributed by atoms with van der Waals surface area (Å²) in [6.45, 7) is 0. The van der Waals surface area contributed by atoms with Crippen LogP contribution >= 0.6 is 45.8 Å². The summed E-state index contributed by atoms with van der Waals surface area (Å²) in [5.41, 5.74) is 0.275. The second-order valence-corrected chi connectivity index (χ2v) is 4.02. The minimum absolute atomic E-state index is 0.168. The minimum atomic E-state index is -2.60. The van der Waals surface area contributed by atoms with Crippen molar-refractivity contribution >= 4 is 45.8 Å². The molecule has 0 aliphatic rings. The van der Waals surface area contributed by atoms with Crippen LogP contribution in [0.1, 0.15) is 17.7 Å². The fraction of sp³-hybridized carbons (Fsp3) is 0.286. The molecule has 1 aromatic rings. The van der Waals surface area contributed by atoms with E-state index in [1.807, 2.05) is 22.6 Å². The lowest BCUT2D eigenvalue weighted by Gasteiger charge is -2.05. The predicted octanol–water partition coefficient (Wildman–Crippen LogP) is 4.02. The molecule has 0 bridgehead atoms. The van der Waals surface area contributed by atoms with Crippen molar-refractivity contribution in [2.45, 2.75) is 12.3 Å². The van der Waals surface area contributed by atoms with Gasteiger partial charge in [0, 0.05) is 3.57 Å². The maximum Gasteiger partial charge on any atom is 0.266 e. The largest absolute Gasteiger partial charge is 0.266 e. The molecule has 1 heterocycles. The molecule has 0 radical (unpaired) electrons. The maximum atomic E-state index is 12.3. The second-order valence-electron chi connectivity index (χ2n) is 2.23. The van der Waals surface area contributed by atoms with E-state index < -0.39 is 6.43 Å². The van der Waals surface area contributed by atoms with Gasteiger partial charge in [-0.1, -0.05) is 11.6 Å². The Bertz CT molecular complexity index is 320. The molecule has 72 valence electrons. The first kappa shape index (κ1) is 11.4. The van der Waals surface area contributed by atoms with E-state index in [1.54, 1.807) is 0 Å². The Morgan fingerprint density at radius 2 is 2.15 bits per heavy atom. The van der Waals surface area contributed by atoms with Crippen molar-refractivity contribution in [2.24, 2.45) is 0 Å². The molecular weight excluding hydrogens is 334 g/mol. The highest BCUT2D eigenvalue weighted by atomic mass is 127. The Kier molecular flexibility index (Phi) is 4.12. The SMILES string of the molecule is FC(F)c1cc(I)c(CCl)nc1Cl. The van der Waals surface area contributed by atoms with E-state index in [4.69, 9.17) is 23.2 Å². The molecule has 0 spiro atoms. The summed E-state index contributed by atoms with van der Waals surface area (Å²) in [6.07, 6.45) is -2.60. The van der Waals surface area contributed by atoms with Gasteiger partial charge >= 0.3 is 0 Å². The Labute approximate surface area is 97.6 Å². The lowest BCUT2D eigenvalue weighted by molar-refractivity contribution is 0.151. The van der Waals surface area contributed by atoms with Crippen LogP contribution in [0, 0.1) is 3.57 Å². The summed E-state index contributed by atoms with van der Waals surface area (Å²) in [7, 11) is 0. The highest BCUT2D eigenvalue weighted by Gasteiger charge is 2.15. The Morgan fingerprint density at radius 1 is 1.54 bits per heavy atom. The van der Waals surface area contributed by atoms with Crippen LogP contribution < -0.4 is 0 Å².